The van der Waals surface area contributed by atoms with Crippen molar-refractivity contribution < 1.29 is 19.1 Å². The number of aromatic amines is 1. The summed E-state index contributed by atoms with van der Waals surface area (Å²) in [6, 6.07) is 14.3. The molecule has 28 heavy (non-hydrogen) atoms. The SMILES string of the molecule is Cc1[nH]c2ccccc2c1C(=O)C(C)OC(=O)CNC(=O)c1cccc(Br)c1. The second kappa shape index (κ2) is 8.39. The third-order valence-electron chi connectivity index (χ3n) is 4.30. The van der Waals surface area contributed by atoms with Crippen LogP contribution in [0.5, 0.6) is 0 Å². The Morgan fingerprint density at radius 2 is 1.89 bits per heavy atom. The van der Waals surface area contributed by atoms with E-state index < -0.39 is 18.0 Å². The molecule has 6 nitrogen and oxygen atoms in total. The molecular formula is C21H19BrN2O4. The third kappa shape index (κ3) is 4.31. The van der Waals surface area contributed by atoms with E-state index in [1.54, 1.807) is 31.2 Å². The van der Waals surface area contributed by atoms with Crippen LogP contribution in [0, 0.1) is 6.92 Å². The number of ketones is 1. The molecule has 0 saturated carbocycles. The Kier molecular flexibility index (Phi) is 5.94. The van der Waals surface area contributed by atoms with Gasteiger partial charge in [0.05, 0.1) is 0 Å². The molecule has 144 valence electrons. The van der Waals surface area contributed by atoms with Gasteiger partial charge in [0.15, 0.2) is 6.10 Å². The predicted octanol–water partition coefficient (Wildman–Crippen LogP) is 3.78. The number of rotatable bonds is 6. The second-order valence-corrected chi connectivity index (χ2v) is 7.28. The maximum absolute atomic E-state index is 12.8. The van der Waals surface area contributed by atoms with Crippen LogP contribution in [0.15, 0.2) is 53.0 Å². The van der Waals surface area contributed by atoms with Gasteiger partial charge in [0.25, 0.3) is 5.91 Å². The van der Waals surface area contributed by atoms with E-state index in [4.69, 9.17) is 4.74 Å². The number of carbonyl (C=O) groups is 3. The highest BCUT2D eigenvalue weighted by atomic mass is 79.9. The first-order valence-corrected chi connectivity index (χ1v) is 9.51. The summed E-state index contributed by atoms with van der Waals surface area (Å²) >= 11 is 3.29. The van der Waals surface area contributed by atoms with Gasteiger partial charge in [-0.3, -0.25) is 14.4 Å². The number of esters is 1. The van der Waals surface area contributed by atoms with Crippen LogP contribution < -0.4 is 5.32 Å². The van der Waals surface area contributed by atoms with Crippen LogP contribution >= 0.6 is 15.9 Å². The molecule has 1 aromatic heterocycles. The van der Waals surface area contributed by atoms with Crippen molar-refractivity contribution in [3.05, 3.63) is 69.8 Å². The number of hydrogen-bond donors (Lipinski definition) is 2. The summed E-state index contributed by atoms with van der Waals surface area (Å²) in [6.07, 6.45) is -0.965. The zero-order valence-electron chi connectivity index (χ0n) is 15.4. The van der Waals surface area contributed by atoms with Gasteiger partial charge in [0, 0.05) is 32.2 Å². The zero-order valence-corrected chi connectivity index (χ0v) is 17.0. The van der Waals surface area contributed by atoms with Crippen LogP contribution in [-0.2, 0) is 9.53 Å². The molecule has 2 aromatic carbocycles. The van der Waals surface area contributed by atoms with Crippen molar-refractivity contribution in [3.8, 4) is 0 Å². The lowest BCUT2D eigenvalue weighted by molar-refractivity contribution is -0.145. The van der Waals surface area contributed by atoms with Crippen LogP contribution in [0.1, 0.15) is 33.3 Å². The standard InChI is InChI=1S/C21H19BrN2O4/c1-12-19(16-8-3-4-9-17(16)24-12)20(26)13(2)28-18(25)11-23-21(27)14-6-5-7-15(22)10-14/h3-10,13,24H,11H2,1-2H3,(H,23,27). The van der Waals surface area contributed by atoms with Gasteiger partial charge in [-0.25, -0.2) is 0 Å². The van der Waals surface area contributed by atoms with Gasteiger partial charge in [-0.15, -0.1) is 0 Å². The predicted molar refractivity (Wildman–Crippen MR) is 109 cm³/mol. The molecule has 1 heterocycles. The van der Waals surface area contributed by atoms with E-state index in [1.807, 2.05) is 24.3 Å². The van der Waals surface area contributed by atoms with Crippen molar-refractivity contribution in [2.24, 2.45) is 0 Å². The van der Waals surface area contributed by atoms with Crippen molar-refractivity contribution in [3.63, 3.8) is 0 Å². The van der Waals surface area contributed by atoms with E-state index in [9.17, 15) is 14.4 Å². The number of hydrogen-bond acceptors (Lipinski definition) is 4. The van der Waals surface area contributed by atoms with Gasteiger partial charge in [-0.05, 0) is 38.1 Å². The van der Waals surface area contributed by atoms with Crippen molar-refractivity contribution in [2.45, 2.75) is 20.0 Å². The minimum Gasteiger partial charge on any atom is -0.453 e. The van der Waals surface area contributed by atoms with E-state index >= 15 is 0 Å². The lowest BCUT2D eigenvalue weighted by Gasteiger charge is -2.13. The largest absolute Gasteiger partial charge is 0.453 e. The molecule has 0 aliphatic heterocycles. The van der Waals surface area contributed by atoms with Crippen LogP contribution in [0.25, 0.3) is 10.9 Å². The molecule has 0 bridgehead atoms. The molecule has 0 fully saturated rings. The van der Waals surface area contributed by atoms with Crippen LogP contribution in [0.2, 0.25) is 0 Å². The highest BCUT2D eigenvalue weighted by molar-refractivity contribution is 9.10. The molecule has 1 atom stereocenters. The van der Waals surface area contributed by atoms with Gasteiger partial charge in [0.1, 0.15) is 6.54 Å². The summed E-state index contributed by atoms with van der Waals surface area (Å²) in [4.78, 5) is 40.1. The molecule has 7 heteroatoms. The van der Waals surface area contributed by atoms with Crippen molar-refractivity contribution in [2.75, 3.05) is 6.54 Å². The summed E-state index contributed by atoms with van der Waals surface area (Å²) in [7, 11) is 0. The molecule has 0 spiro atoms. The Labute approximate surface area is 170 Å². The Hall–Kier alpha value is -2.93. The van der Waals surface area contributed by atoms with Gasteiger partial charge in [0.2, 0.25) is 5.78 Å². The maximum Gasteiger partial charge on any atom is 0.326 e. The number of aromatic nitrogens is 1. The van der Waals surface area contributed by atoms with Gasteiger partial charge >= 0.3 is 5.97 Å². The number of halogens is 1. The fourth-order valence-electron chi connectivity index (χ4n) is 2.97. The Balaban J connectivity index is 1.61. The molecule has 0 radical (unpaired) electrons. The van der Waals surface area contributed by atoms with E-state index in [2.05, 4.69) is 26.2 Å². The molecule has 0 aliphatic carbocycles. The molecule has 1 amide bonds. The van der Waals surface area contributed by atoms with Crippen molar-refractivity contribution in [1.82, 2.24) is 10.3 Å². The van der Waals surface area contributed by atoms with E-state index in [0.29, 0.717) is 11.1 Å². The molecule has 3 aromatic rings. The summed E-state index contributed by atoms with van der Waals surface area (Å²) in [5, 5.41) is 3.28. The molecule has 0 aliphatic rings. The summed E-state index contributed by atoms with van der Waals surface area (Å²) in [6.45, 7) is 3.01. The molecular weight excluding hydrogens is 424 g/mol. The Bertz CT molecular complexity index is 1060. The average Bonchev–Trinajstić information content (AvgIpc) is 3.01. The minimum absolute atomic E-state index is 0.290. The quantitative estimate of drug-likeness (QED) is 0.448. The number of nitrogens with one attached hydrogen (secondary N) is 2. The van der Waals surface area contributed by atoms with E-state index in [-0.39, 0.29) is 12.3 Å². The van der Waals surface area contributed by atoms with Crippen molar-refractivity contribution >= 4 is 44.5 Å². The fourth-order valence-corrected chi connectivity index (χ4v) is 3.37. The smallest absolute Gasteiger partial charge is 0.326 e. The highest BCUT2D eigenvalue weighted by Crippen LogP contribution is 2.23. The molecule has 1 unspecified atom stereocenters. The van der Waals surface area contributed by atoms with Crippen LogP contribution in [0.3, 0.4) is 0 Å². The first kappa shape index (κ1) is 19.8. The number of amides is 1. The minimum atomic E-state index is -0.965. The van der Waals surface area contributed by atoms with Crippen LogP contribution in [0.4, 0.5) is 0 Å². The first-order valence-electron chi connectivity index (χ1n) is 8.71. The molecule has 0 saturated heterocycles. The number of Topliss-reactive ketones (excluding diaryl/α,β-unsaturated/α-hetero) is 1. The highest BCUT2D eigenvalue weighted by Gasteiger charge is 2.24. The summed E-state index contributed by atoms with van der Waals surface area (Å²) in [5.74, 6) is -1.37. The molecule has 2 N–H and O–H groups in total. The first-order chi connectivity index (χ1) is 13.4. The van der Waals surface area contributed by atoms with Crippen LogP contribution in [-0.4, -0.2) is 35.3 Å². The normalized spacial score (nSPS) is 11.8. The topological polar surface area (TPSA) is 88.3 Å². The number of para-hydroxylation sites is 1. The number of benzene rings is 2. The van der Waals surface area contributed by atoms with Crippen molar-refractivity contribution in [1.29, 1.82) is 0 Å². The Morgan fingerprint density at radius 1 is 1.14 bits per heavy atom. The van der Waals surface area contributed by atoms with E-state index in [0.717, 1.165) is 21.1 Å². The maximum atomic E-state index is 12.8. The second-order valence-electron chi connectivity index (χ2n) is 6.36. The van der Waals surface area contributed by atoms with Gasteiger partial charge in [-0.1, -0.05) is 40.2 Å². The molecule has 3 rings (SSSR count). The Morgan fingerprint density at radius 3 is 2.64 bits per heavy atom. The summed E-state index contributed by atoms with van der Waals surface area (Å²) in [5.41, 5.74) is 2.50. The average molecular weight is 443 g/mol. The van der Waals surface area contributed by atoms with E-state index in [1.165, 1.54) is 6.92 Å². The zero-order chi connectivity index (χ0) is 20.3. The number of H-pyrrole nitrogens is 1. The lowest BCUT2D eigenvalue weighted by Crippen LogP contribution is -2.34. The third-order valence-corrected chi connectivity index (χ3v) is 4.79. The fraction of sp³-hybridized carbons (Fsp3) is 0.190. The number of fused-ring (bicyclic) bond motifs is 1. The number of carbonyl (C=O) groups excluding carboxylic acids is 3. The van der Waals surface area contributed by atoms with Gasteiger partial charge < -0.3 is 15.0 Å². The number of aryl methyl sites for hydroxylation is 1. The number of ether oxygens (including phenoxy) is 1. The lowest BCUT2D eigenvalue weighted by atomic mass is 10.0. The summed E-state index contributed by atoms with van der Waals surface area (Å²) < 4.78 is 5.98. The van der Waals surface area contributed by atoms with Gasteiger partial charge in [-0.2, -0.15) is 0 Å². The monoisotopic (exact) mass is 442 g/mol.